The highest BCUT2D eigenvalue weighted by molar-refractivity contribution is 6.13. The van der Waals surface area contributed by atoms with E-state index in [1.54, 1.807) is 0 Å². The van der Waals surface area contributed by atoms with Crippen molar-refractivity contribution in [3.8, 4) is 39.1 Å². The van der Waals surface area contributed by atoms with E-state index in [1.165, 1.54) is 131 Å². The zero-order valence-corrected chi connectivity index (χ0v) is 38.0. The molecule has 2 heteroatoms. The number of hydrogen-bond acceptors (Lipinski definition) is 1. The van der Waals surface area contributed by atoms with Crippen molar-refractivity contribution < 1.29 is 0 Å². The van der Waals surface area contributed by atoms with Crippen LogP contribution in [0.15, 0.2) is 237 Å². The first-order valence-corrected chi connectivity index (χ1v) is 24.4. The molecule has 0 unspecified atom stereocenters. The monoisotopic (exact) mass is 870 g/mol. The third-order valence-corrected chi connectivity index (χ3v) is 14.8. The van der Waals surface area contributed by atoms with Gasteiger partial charge >= 0.3 is 0 Å². The molecule has 2 nitrogen and oxygen atoms in total. The summed E-state index contributed by atoms with van der Waals surface area (Å²) in [6, 6.07) is 87.8. The standard InChI is InChI=1S/C66H50N2/c1-3-16-46(17-4-1)56-27-13-19-49-20-14-29-61(66(49)56)59-24-9-11-30-63(59)67(53-40-34-48(35-41-53)55-26-15-28-57-54-23-8-7-18-47(54)36-42-58(55)57)52-38-32-45(33-39-52)50-37-43-65-62(44-50)60-25-10-12-31-64(60)68(65)51-21-5-2-6-22-51/h2,5-15,18-44,46H,1,3-4,16-17H2. The molecule has 1 aliphatic rings. The van der Waals surface area contributed by atoms with Gasteiger partial charge < -0.3 is 9.47 Å². The second-order valence-electron chi connectivity index (χ2n) is 18.6. The van der Waals surface area contributed by atoms with Crippen LogP contribution in [0.4, 0.5) is 17.1 Å². The van der Waals surface area contributed by atoms with Gasteiger partial charge in [0.2, 0.25) is 0 Å². The van der Waals surface area contributed by atoms with Crippen molar-refractivity contribution in [1.82, 2.24) is 4.57 Å². The van der Waals surface area contributed by atoms with Crippen LogP contribution in [0.3, 0.4) is 0 Å². The molecule has 1 aliphatic carbocycles. The maximum absolute atomic E-state index is 2.47. The molecular weight excluding hydrogens is 821 g/mol. The van der Waals surface area contributed by atoms with Crippen LogP contribution in [0.5, 0.6) is 0 Å². The van der Waals surface area contributed by atoms with Gasteiger partial charge in [-0.25, -0.2) is 0 Å². The van der Waals surface area contributed by atoms with Crippen molar-refractivity contribution in [2.75, 3.05) is 4.90 Å². The Morgan fingerprint density at radius 1 is 0.353 bits per heavy atom. The lowest BCUT2D eigenvalue weighted by molar-refractivity contribution is 0.445. The molecule has 13 rings (SSSR count). The molecular formula is C66H50N2. The summed E-state index contributed by atoms with van der Waals surface area (Å²) < 4.78 is 2.38. The molecule has 0 spiro atoms. The fourth-order valence-electron chi connectivity index (χ4n) is 11.6. The summed E-state index contributed by atoms with van der Waals surface area (Å²) in [6.45, 7) is 0. The lowest BCUT2D eigenvalue weighted by atomic mass is 9.80. The van der Waals surface area contributed by atoms with Crippen molar-refractivity contribution in [1.29, 1.82) is 0 Å². The third-order valence-electron chi connectivity index (χ3n) is 14.8. The fourth-order valence-corrected chi connectivity index (χ4v) is 11.6. The summed E-state index contributed by atoms with van der Waals surface area (Å²) >= 11 is 0. The second-order valence-corrected chi connectivity index (χ2v) is 18.6. The molecule has 1 saturated carbocycles. The zero-order chi connectivity index (χ0) is 45.0. The topological polar surface area (TPSA) is 8.17 Å². The van der Waals surface area contributed by atoms with Crippen LogP contribution in [0.1, 0.15) is 43.6 Å². The Hall–Kier alpha value is -8.20. The van der Waals surface area contributed by atoms with Crippen molar-refractivity contribution in [2.24, 2.45) is 0 Å². The summed E-state index contributed by atoms with van der Waals surface area (Å²) in [4.78, 5) is 2.47. The van der Waals surface area contributed by atoms with Crippen LogP contribution in [0, 0.1) is 0 Å². The highest BCUT2D eigenvalue weighted by atomic mass is 15.1. The predicted octanol–water partition coefficient (Wildman–Crippen LogP) is 18.8. The lowest BCUT2D eigenvalue weighted by Crippen LogP contribution is -2.11. The van der Waals surface area contributed by atoms with E-state index in [0.717, 1.165) is 17.1 Å². The van der Waals surface area contributed by atoms with Gasteiger partial charge in [-0.15, -0.1) is 0 Å². The number of para-hydroxylation sites is 3. The first kappa shape index (κ1) is 40.1. The van der Waals surface area contributed by atoms with Crippen LogP contribution in [0.25, 0.3) is 93.2 Å². The summed E-state index contributed by atoms with van der Waals surface area (Å²) in [5.74, 6) is 0.582. The van der Waals surface area contributed by atoms with E-state index >= 15 is 0 Å². The number of anilines is 3. The van der Waals surface area contributed by atoms with Gasteiger partial charge in [-0.3, -0.25) is 0 Å². The van der Waals surface area contributed by atoms with Crippen LogP contribution in [0.2, 0.25) is 0 Å². The molecule has 1 fully saturated rings. The predicted molar refractivity (Wildman–Crippen MR) is 290 cm³/mol. The Bertz CT molecular complexity index is 3810. The van der Waals surface area contributed by atoms with Gasteiger partial charge in [0.25, 0.3) is 0 Å². The van der Waals surface area contributed by atoms with E-state index in [1.807, 2.05) is 0 Å². The van der Waals surface area contributed by atoms with E-state index in [4.69, 9.17) is 0 Å². The maximum atomic E-state index is 2.47. The van der Waals surface area contributed by atoms with Crippen molar-refractivity contribution in [3.63, 3.8) is 0 Å². The number of nitrogens with zero attached hydrogens (tertiary/aromatic N) is 2. The van der Waals surface area contributed by atoms with Gasteiger partial charge in [-0.2, -0.15) is 0 Å². The number of hydrogen-bond donors (Lipinski definition) is 0. The van der Waals surface area contributed by atoms with Gasteiger partial charge in [0.1, 0.15) is 0 Å². The summed E-state index contributed by atoms with van der Waals surface area (Å²) in [7, 11) is 0. The average molecular weight is 871 g/mol. The summed E-state index contributed by atoms with van der Waals surface area (Å²) in [5.41, 5.74) is 15.8. The van der Waals surface area contributed by atoms with Crippen molar-refractivity contribution in [2.45, 2.75) is 38.0 Å². The van der Waals surface area contributed by atoms with Crippen LogP contribution in [-0.2, 0) is 0 Å². The lowest BCUT2D eigenvalue weighted by Gasteiger charge is -2.29. The first-order valence-electron chi connectivity index (χ1n) is 24.4. The summed E-state index contributed by atoms with van der Waals surface area (Å²) in [6.07, 6.45) is 6.47. The van der Waals surface area contributed by atoms with Gasteiger partial charge in [0.05, 0.1) is 16.7 Å². The minimum Gasteiger partial charge on any atom is -0.310 e. The molecule has 0 N–H and O–H groups in total. The highest BCUT2D eigenvalue weighted by Gasteiger charge is 2.23. The van der Waals surface area contributed by atoms with Crippen LogP contribution in [-0.4, -0.2) is 4.57 Å². The number of rotatable bonds is 8. The molecule has 68 heavy (non-hydrogen) atoms. The van der Waals surface area contributed by atoms with Gasteiger partial charge in [-0.05, 0) is 145 Å². The van der Waals surface area contributed by atoms with E-state index in [2.05, 4.69) is 246 Å². The second kappa shape index (κ2) is 16.9. The SMILES string of the molecule is c1ccc(-n2c3ccccc3c3cc(-c4ccc(N(c5ccc(-c6cccc7c6ccc6ccccc67)cc5)c5ccccc5-c5cccc6cccc(C7CCCCC7)c56)cc4)ccc32)cc1. The molecule has 0 saturated heterocycles. The number of fused-ring (bicyclic) bond motifs is 7. The minimum atomic E-state index is 0.582. The Balaban J connectivity index is 0.950. The Morgan fingerprint density at radius 3 is 1.78 bits per heavy atom. The molecule has 0 aliphatic heterocycles. The van der Waals surface area contributed by atoms with Crippen LogP contribution < -0.4 is 4.90 Å². The minimum absolute atomic E-state index is 0.582. The number of benzene rings is 11. The van der Waals surface area contributed by atoms with Gasteiger partial charge in [-0.1, -0.05) is 195 Å². The maximum Gasteiger partial charge on any atom is 0.0541 e. The Kier molecular flexibility index (Phi) is 9.97. The zero-order valence-electron chi connectivity index (χ0n) is 38.0. The smallest absolute Gasteiger partial charge is 0.0541 e. The highest BCUT2D eigenvalue weighted by Crippen LogP contribution is 2.47. The molecule has 0 radical (unpaired) electrons. The van der Waals surface area contributed by atoms with Crippen molar-refractivity contribution in [3.05, 3.63) is 242 Å². The van der Waals surface area contributed by atoms with E-state index < -0.39 is 0 Å². The molecule has 11 aromatic carbocycles. The molecule has 0 bridgehead atoms. The average Bonchev–Trinajstić information content (AvgIpc) is 3.75. The molecule has 0 atom stereocenters. The first-order chi connectivity index (χ1) is 33.7. The number of aromatic nitrogens is 1. The molecule has 12 aromatic rings. The van der Waals surface area contributed by atoms with Gasteiger partial charge in [0, 0.05) is 33.4 Å². The van der Waals surface area contributed by atoms with E-state index in [0.29, 0.717) is 5.92 Å². The Labute approximate surface area is 398 Å². The molecule has 1 aromatic heterocycles. The molecule has 1 heterocycles. The largest absolute Gasteiger partial charge is 0.310 e. The summed E-state index contributed by atoms with van der Waals surface area (Å²) in [5, 5.41) is 10.3. The Morgan fingerprint density at radius 2 is 0.956 bits per heavy atom. The molecule has 324 valence electrons. The van der Waals surface area contributed by atoms with Gasteiger partial charge in [0.15, 0.2) is 0 Å². The third kappa shape index (κ3) is 6.87. The van der Waals surface area contributed by atoms with E-state index in [-0.39, 0.29) is 0 Å². The molecule has 0 amide bonds. The van der Waals surface area contributed by atoms with Crippen molar-refractivity contribution >= 4 is 71.2 Å². The fraction of sp³-hybridized carbons (Fsp3) is 0.0909. The van der Waals surface area contributed by atoms with Crippen LogP contribution >= 0.6 is 0 Å². The quantitative estimate of drug-likeness (QED) is 0.138. The normalized spacial score (nSPS) is 13.2. The van der Waals surface area contributed by atoms with E-state index in [9.17, 15) is 0 Å².